The van der Waals surface area contributed by atoms with E-state index < -0.39 is 0 Å². The van der Waals surface area contributed by atoms with Crippen LogP contribution >= 0.6 is 8.58 Å². The van der Waals surface area contributed by atoms with E-state index in [0.29, 0.717) is 0 Å². The number of rotatable bonds is 4. The summed E-state index contributed by atoms with van der Waals surface area (Å²) in [5.74, 6) is 0. The van der Waals surface area contributed by atoms with Gasteiger partial charge in [-0.2, -0.15) is 12.3 Å². The Morgan fingerprint density at radius 2 is 1.43 bits per heavy atom. The Morgan fingerprint density at radius 3 is 1.71 bits per heavy atom. The summed E-state index contributed by atoms with van der Waals surface area (Å²) in [6.45, 7) is 4.48. The fourth-order valence-electron chi connectivity index (χ4n) is 0.428. The third kappa shape index (κ3) is 6.43. The summed E-state index contributed by atoms with van der Waals surface area (Å²) in [5.41, 5.74) is 0. The Kier molecular flexibility index (Phi) is 6.82. The summed E-state index contributed by atoms with van der Waals surface area (Å²) in [4.78, 5) is 0. The smallest absolute Gasteiger partial charge is 0.0677 e. The molecule has 0 atom stereocenters. The van der Waals surface area contributed by atoms with Crippen molar-refractivity contribution in [3.8, 4) is 0 Å². The highest BCUT2D eigenvalue weighted by Gasteiger charge is 1.63. The third-order valence-electron chi connectivity index (χ3n) is 0.763. The van der Waals surface area contributed by atoms with Crippen molar-refractivity contribution in [2.24, 2.45) is 0 Å². The van der Waals surface area contributed by atoms with Gasteiger partial charge < -0.3 is 8.58 Å². The molecule has 0 spiro atoms. The zero-order valence-electron chi connectivity index (χ0n) is 5.28. The van der Waals surface area contributed by atoms with Gasteiger partial charge in [0.2, 0.25) is 0 Å². The molecule has 0 unspecified atom stereocenters. The summed E-state index contributed by atoms with van der Waals surface area (Å²) in [7, 11) is 1.64. The molecule has 0 aliphatic heterocycles. The molecule has 0 aliphatic rings. The minimum absolute atomic E-state index is 1.35. The predicted molar refractivity (Wildman–Crippen MR) is 37.2 cm³/mol. The number of hydrogen-bond donors (Lipinski definition) is 0. The molecule has 0 aromatic carbocycles. The largest absolute Gasteiger partial charge is 0.540 e. The third-order valence-corrected chi connectivity index (χ3v) is 2.29. The maximum absolute atomic E-state index is 2.24. The van der Waals surface area contributed by atoms with Crippen molar-refractivity contribution in [2.75, 3.05) is 12.3 Å². The molecule has 0 N–H and O–H groups in total. The van der Waals surface area contributed by atoms with Crippen LogP contribution in [0, 0.1) is 0 Å². The molecule has 0 radical (unpaired) electrons. The molecule has 44 valence electrons. The first-order valence-electron chi connectivity index (χ1n) is 3.05. The molecule has 0 rings (SSSR count). The molecule has 0 saturated carbocycles. The molecule has 0 fully saturated rings. The average Bonchev–Trinajstić information content (AvgIpc) is 1.69. The van der Waals surface area contributed by atoms with Gasteiger partial charge in [0.25, 0.3) is 0 Å². The van der Waals surface area contributed by atoms with E-state index >= 15 is 0 Å². The Labute approximate surface area is 48.5 Å². The van der Waals surface area contributed by atoms with Crippen LogP contribution in [0.1, 0.15) is 26.7 Å². The van der Waals surface area contributed by atoms with Crippen LogP contribution in [0.2, 0.25) is 0 Å². The van der Waals surface area contributed by atoms with Crippen molar-refractivity contribution in [1.82, 2.24) is 0 Å². The van der Waals surface area contributed by atoms with E-state index in [1.54, 1.807) is 8.58 Å². The zero-order chi connectivity index (χ0) is 5.54. The van der Waals surface area contributed by atoms with Gasteiger partial charge in [-0.1, -0.05) is 26.7 Å². The topological polar surface area (TPSA) is 0 Å². The van der Waals surface area contributed by atoms with Crippen LogP contribution in [0.4, 0.5) is 0 Å². The van der Waals surface area contributed by atoms with Gasteiger partial charge in [0.05, 0.1) is 0 Å². The minimum Gasteiger partial charge on any atom is -0.540 e. The first-order chi connectivity index (χ1) is 3.41. The van der Waals surface area contributed by atoms with Gasteiger partial charge in [0, 0.05) is 0 Å². The lowest BCUT2D eigenvalue weighted by atomic mass is 10.6. The molecule has 0 bridgehead atoms. The second-order valence-electron chi connectivity index (χ2n) is 1.67. The summed E-state index contributed by atoms with van der Waals surface area (Å²) in [5, 5.41) is 0. The fourth-order valence-corrected chi connectivity index (χ4v) is 1.28. The predicted octanol–water partition coefficient (Wildman–Crippen LogP) is 2.75. The molecule has 0 nitrogen and oxygen atoms in total. The van der Waals surface area contributed by atoms with Gasteiger partial charge in [-0.25, -0.2) is 0 Å². The van der Waals surface area contributed by atoms with Gasteiger partial charge in [-0.3, -0.25) is 0 Å². The minimum atomic E-state index is 1.35. The summed E-state index contributed by atoms with van der Waals surface area (Å²) in [6.07, 6.45) is 5.49. The van der Waals surface area contributed by atoms with Gasteiger partial charge >= 0.3 is 0 Å². The Balaban J connectivity index is 2.45. The van der Waals surface area contributed by atoms with E-state index in [-0.39, 0.29) is 0 Å². The fraction of sp³-hybridized carbons (Fsp3) is 1.00. The Morgan fingerprint density at radius 1 is 1.00 bits per heavy atom. The van der Waals surface area contributed by atoms with E-state index in [0.717, 1.165) is 0 Å². The van der Waals surface area contributed by atoms with Crippen LogP contribution in [-0.2, 0) is 0 Å². The van der Waals surface area contributed by atoms with Gasteiger partial charge in [0.15, 0.2) is 0 Å². The highest BCUT2D eigenvalue weighted by molar-refractivity contribution is 7.37. The van der Waals surface area contributed by atoms with Crippen molar-refractivity contribution in [3.63, 3.8) is 0 Å². The van der Waals surface area contributed by atoms with E-state index in [9.17, 15) is 0 Å². The molecule has 0 heterocycles. The standard InChI is InChI=1S/C6H14P/c1-3-5-7-6-4-2/h3-6H2,1-2H3/q-1. The normalized spacial score (nSPS) is 9.43. The van der Waals surface area contributed by atoms with Gasteiger partial charge in [0.1, 0.15) is 0 Å². The lowest BCUT2D eigenvalue weighted by Crippen LogP contribution is -1.72. The van der Waals surface area contributed by atoms with E-state index in [1.165, 1.54) is 25.2 Å². The van der Waals surface area contributed by atoms with E-state index in [2.05, 4.69) is 13.8 Å². The monoisotopic (exact) mass is 117 g/mol. The highest BCUT2D eigenvalue weighted by Crippen LogP contribution is 2.10. The van der Waals surface area contributed by atoms with Crippen molar-refractivity contribution < 1.29 is 0 Å². The maximum atomic E-state index is 2.24. The van der Waals surface area contributed by atoms with Gasteiger partial charge in [-0.15, -0.1) is 0 Å². The van der Waals surface area contributed by atoms with Crippen molar-refractivity contribution in [2.45, 2.75) is 26.7 Å². The summed E-state index contributed by atoms with van der Waals surface area (Å²) >= 11 is 0. The molecule has 1 heteroatoms. The van der Waals surface area contributed by atoms with E-state index in [4.69, 9.17) is 0 Å². The molecular weight excluding hydrogens is 103 g/mol. The first kappa shape index (κ1) is 7.43. The van der Waals surface area contributed by atoms with Gasteiger partial charge in [-0.05, 0) is 0 Å². The van der Waals surface area contributed by atoms with Crippen LogP contribution in [0.25, 0.3) is 0 Å². The molecule has 0 aromatic rings. The lowest BCUT2D eigenvalue weighted by molar-refractivity contribution is 1.07. The van der Waals surface area contributed by atoms with Crippen LogP contribution in [0.5, 0.6) is 0 Å². The highest BCUT2D eigenvalue weighted by atomic mass is 31.1. The van der Waals surface area contributed by atoms with Crippen molar-refractivity contribution in [3.05, 3.63) is 0 Å². The molecule has 0 aromatic heterocycles. The molecular formula is C6H14P-. The zero-order valence-corrected chi connectivity index (χ0v) is 6.17. The number of hydrogen-bond acceptors (Lipinski definition) is 0. The average molecular weight is 117 g/mol. The van der Waals surface area contributed by atoms with Crippen molar-refractivity contribution >= 4 is 8.58 Å². The lowest BCUT2D eigenvalue weighted by Gasteiger charge is -2.11. The summed E-state index contributed by atoms with van der Waals surface area (Å²) in [6, 6.07) is 0. The molecule has 0 saturated heterocycles. The second kappa shape index (κ2) is 6.43. The SMILES string of the molecule is CCC[P-]CCC. The Bertz CT molecular complexity index is 23.4. The van der Waals surface area contributed by atoms with Crippen LogP contribution in [-0.4, -0.2) is 12.3 Å². The van der Waals surface area contributed by atoms with E-state index in [1.807, 2.05) is 0 Å². The summed E-state index contributed by atoms with van der Waals surface area (Å²) < 4.78 is 0. The molecule has 7 heavy (non-hydrogen) atoms. The van der Waals surface area contributed by atoms with Crippen LogP contribution in [0.15, 0.2) is 0 Å². The van der Waals surface area contributed by atoms with Crippen LogP contribution < -0.4 is 0 Å². The molecule has 0 amide bonds. The van der Waals surface area contributed by atoms with Crippen molar-refractivity contribution in [1.29, 1.82) is 0 Å². The Hall–Kier alpha value is 0.430. The van der Waals surface area contributed by atoms with Crippen LogP contribution in [0.3, 0.4) is 0 Å². The molecule has 0 aliphatic carbocycles. The second-order valence-corrected chi connectivity index (χ2v) is 3.01. The first-order valence-corrected chi connectivity index (χ1v) is 4.31. The maximum Gasteiger partial charge on any atom is -0.0677 e. The quantitative estimate of drug-likeness (QED) is 0.392.